The number of hydrogen-bond acceptors (Lipinski definition) is 1. The van der Waals surface area contributed by atoms with Crippen LogP contribution in [0.15, 0.2) is 30.5 Å². The quantitative estimate of drug-likeness (QED) is 0.463. The Hall–Kier alpha value is -1.63. The van der Waals surface area contributed by atoms with Crippen LogP contribution in [-0.4, -0.2) is 4.98 Å². The van der Waals surface area contributed by atoms with E-state index in [9.17, 15) is 0 Å². The van der Waals surface area contributed by atoms with E-state index in [-0.39, 0.29) is 0 Å². The van der Waals surface area contributed by atoms with Crippen LogP contribution >= 0.6 is 0 Å². The van der Waals surface area contributed by atoms with E-state index >= 15 is 0 Å². The summed E-state index contributed by atoms with van der Waals surface area (Å²) in [5, 5.41) is 0. The Labute approximate surface area is 187 Å². The van der Waals surface area contributed by atoms with Gasteiger partial charge in [0.2, 0.25) is 0 Å². The monoisotopic (exact) mass is 409 g/mol. The number of pyridine rings is 1. The van der Waals surface area contributed by atoms with E-state index in [1.165, 1.54) is 33.5 Å². The molecular formula is C29H47N. The minimum Gasteiger partial charge on any atom is -0.260 e. The summed E-state index contributed by atoms with van der Waals surface area (Å²) in [7, 11) is 0. The van der Waals surface area contributed by atoms with Crippen molar-refractivity contribution in [2.75, 3.05) is 0 Å². The molecule has 0 radical (unpaired) electrons. The van der Waals surface area contributed by atoms with Crippen molar-refractivity contribution in [3.8, 4) is 0 Å². The fourth-order valence-corrected chi connectivity index (χ4v) is 3.75. The molecule has 0 fully saturated rings. The summed E-state index contributed by atoms with van der Waals surface area (Å²) in [6, 6.07) is 9.32. The molecule has 1 aromatic heterocycles. The first-order valence-corrected chi connectivity index (χ1v) is 12.0. The molecule has 0 spiro atoms. The normalized spacial score (nSPS) is 11.8. The van der Waals surface area contributed by atoms with Crippen LogP contribution < -0.4 is 0 Å². The van der Waals surface area contributed by atoms with Crippen molar-refractivity contribution >= 4 is 0 Å². The highest BCUT2D eigenvalue weighted by Gasteiger charge is 2.13. The fraction of sp³-hybridized carbons (Fsp3) is 0.621. The maximum atomic E-state index is 4.62. The number of nitrogens with zero attached hydrogens (tertiary/aromatic N) is 1. The number of rotatable bonds is 6. The molecule has 168 valence electrons. The molecule has 2 rings (SSSR count). The van der Waals surface area contributed by atoms with Gasteiger partial charge in [-0.3, -0.25) is 4.98 Å². The van der Waals surface area contributed by atoms with Gasteiger partial charge >= 0.3 is 0 Å². The molecule has 0 unspecified atom stereocenters. The highest BCUT2D eigenvalue weighted by Crippen LogP contribution is 2.29. The lowest BCUT2D eigenvalue weighted by Crippen LogP contribution is -2.04. The third kappa shape index (κ3) is 7.25. The predicted molar refractivity (Wildman–Crippen MR) is 135 cm³/mol. The predicted octanol–water partition coefficient (Wildman–Crippen LogP) is 9.51. The van der Waals surface area contributed by atoms with E-state index in [0.717, 1.165) is 0 Å². The van der Waals surface area contributed by atoms with Crippen molar-refractivity contribution in [3.05, 3.63) is 64.0 Å². The molecular weight excluding hydrogens is 362 g/mol. The number of hydrogen-bond donors (Lipinski definition) is 0. The SMILES string of the molecule is CC(C)c1ccc(C(C)C)c(C(C)C)c1.CC(C)c1cnc(C(C)C)c(C(C)C)c1. The molecule has 1 nitrogen and oxygen atoms in total. The van der Waals surface area contributed by atoms with Gasteiger partial charge in [0.05, 0.1) is 0 Å². The van der Waals surface area contributed by atoms with Crippen molar-refractivity contribution < 1.29 is 0 Å². The summed E-state index contributed by atoms with van der Waals surface area (Å²) in [4.78, 5) is 4.62. The molecule has 0 saturated carbocycles. The summed E-state index contributed by atoms with van der Waals surface area (Å²) < 4.78 is 0. The summed E-state index contributed by atoms with van der Waals surface area (Å²) in [5.74, 6) is 3.53. The van der Waals surface area contributed by atoms with Gasteiger partial charge in [0.1, 0.15) is 0 Å². The maximum absolute atomic E-state index is 4.62. The van der Waals surface area contributed by atoms with Gasteiger partial charge < -0.3 is 0 Å². The summed E-state index contributed by atoms with van der Waals surface area (Å²) >= 11 is 0. The zero-order valence-corrected chi connectivity index (χ0v) is 21.8. The third-order valence-electron chi connectivity index (χ3n) is 5.83. The van der Waals surface area contributed by atoms with Gasteiger partial charge in [0.25, 0.3) is 0 Å². The van der Waals surface area contributed by atoms with Crippen molar-refractivity contribution in [1.82, 2.24) is 4.98 Å². The third-order valence-corrected chi connectivity index (χ3v) is 5.83. The van der Waals surface area contributed by atoms with Crippen LogP contribution in [0.1, 0.15) is 152 Å². The van der Waals surface area contributed by atoms with Crippen molar-refractivity contribution in [3.63, 3.8) is 0 Å². The first-order chi connectivity index (χ1) is 13.9. The maximum Gasteiger partial charge on any atom is 0.0463 e. The van der Waals surface area contributed by atoms with E-state index in [2.05, 4.69) is 112 Å². The Kier molecular flexibility index (Phi) is 10.3. The molecule has 1 heterocycles. The average Bonchev–Trinajstić information content (AvgIpc) is 2.67. The van der Waals surface area contributed by atoms with E-state index in [1.54, 1.807) is 0 Å². The van der Waals surface area contributed by atoms with Crippen molar-refractivity contribution in [1.29, 1.82) is 0 Å². The highest BCUT2D eigenvalue weighted by atomic mass is 14.7. The molecule has 0 N–H and O–H groups in total. The average molecular weight is 410 g/mol. The lowest BCUT2D eigenvalue weighted by molar-refractivity contribution is 0.743. The largest absolute Gasteiger partial charge is 0.260 e. The molecule has 0 aliphatic carbocycles. The van der Waals surface area contributed by atoms with Crippen LogP contribution in [0.4, 0.5) is 0 Å². The van der Waals surface area contributed by atoms with Gasteiger partial charge in [0, 0.05) is 11.9 Å². The Morgan fingerprint density at radius 1 is 0.467 bits per heavy atom. The molecule has 0 bridgehead atoms. The van der Waals surface area contributed by atoms with E-state index < -0.39 is 0 Å². The van der Waals surface area contributed by atoms with Gasteiger partial charge in [-0.15, -0.1) is 0 Å². The van der Waals surface area contributed by atoms with Gasteiger partial charge in [-0.2, -0.15) is 0 Å². The molecule has 0 aliphatic heterocycles. The topological polar surface area (TPSA) is 12.9 Å². The van der Waals surface area contributed by atoms with Crippen molar-refractivity contribution in [2.45, 2.75) is 119 Å². The van der Waals surface area contributed by atoms with Gasteiger partial charge in [-0.1, -0.05) is 107 Å². The van der Waals surface area contributed by atoms with Crippen LogP contribution in [0.5, 0.6) is 0 Å². The Morgan fingerprint density at radius 2 is 0.933 bits per heavy atom. The van der Waals surface area contributed by atoms with Crippen LogP contribution in [0.25, 0.3) is 0 Å². The minimum absolute atomic E-state index is 0.517. The Balaban J connectivity index is 0.000000300. The van der Waals surface area contributed by atoms with Crippen molar-refractivity contribution in [2.24, 2.45) is 0 Å². The smallest absolute Gasteiger partial charge is 0.0463 e. The first-order valence-electron chi connectivity index (χ1n) is 12.0. The Bertz CT molecular complexity index is 711. The zero-order valence-electron chi connectivity index (χ0n) is 21.8. The summed E-state index contributed by atoms with van der Waals surface area (Å²) in [6.45, 7) is 27.0. The second-order valence-corrected chi connectivity index (χ2v) is 10.6. The zero-order chi connectivity index (χ0) is 23.2. The standard InChI is InChI=1S/C15H24.C14H23N/c1-10(2)13-7-8-14(11(3)4)15(9-13)12(5)6;1-9(2)12-7-13(10(3)4)14(11(5)6)15-8-12/h7-12H,1-6H3;7-11H,1-6H3. The van der Waals surface area contributed by atoms with E-state index in [4.69, 9.17) is 0 Å². The minimum atomic E-state index is 0.517. The molecule has 0 amide bonds. The van der Waals surface area contributed by atoms with Gasteiger partial charge in [-0.25, -0.2) is 0 Å². The van der Waals surface area contributed by atoms with Crippen LogP contribution in [0.2, 0.25) is 0 Å². The Morgan fingerprint density at radius 3 is 1.33 bits per heavy atom. The summed E-state index contributed by atoms with van der Waals surface area (Å²) in [5.41, 5.74) is 8.52. The second-order valence-electron chi connectivity index (χ2n) is 10.6. The lowest BCUT2D eigenvalue weighted by Gasteiger charge is -2.18. The number of aromatic nitrogens is 1. The molecule has 30 heavy (non-hydrogen) atoms. The van der Waals surface area contributed by atoms with Gasteiger partial charge in [0.15, 0.2) is 0 Å². The highest BCUT2D eigenvalue weighted by molar-refractivity contribution is 5.37. The van der Waals surface area contributed by atoms with Crippen LogP contribution in [0.3, 0.4) is 0 Å². The molecule has 0 saturated heterocycles. The van der Waals surface area contributed by atoms with E-state index in [0.29, 0.717) is 35.5 Å². The molecule has 1 heteroatoms. The van der Waals surface area contributed by atoms with Crippen LogP contribution in [0, 0.1) is 0 Å². The fourth-order valence-electron chi connectivity index (χ4n) is 3.75. The number of benzene rings is 1. The summed E-state index contributed by atoms with van der Waals surface area (Å²) in [6.07, 6.45) is 2.03. The second kappa shape index (κ2) is 11.7. The lowest BCUT2D eigenvalue weighted by atomic mass is 9.87. The molecule has 1 aromatic carbocycles. The molecule has 0 atom stereocenters. The molecule has 0 aliphatic rings. The first kappa shape index (κ1) is 26.4. The van der Waals surface area contributed by atoms with Gasteiger partial charge in [-0.05, 0) is 63.3 Å². The molecule has 2 aromatic rings. The van der Waals surface area contributed by atoms with Crippen LogP contribution in [-0.2, 0) is 0 Å². The van der Waals surface area contributed by atoms with E-state index in [1.807, 2.05) is 6.20 Å².